The standard InChI is InChI=1S/C13H11Cl4NO2/c1-3-5(4-2)18-12(19)6-7(13(18)20)9(15)11(17)10(16)8(6)14/h5H,3-4H2,1-2H3. The van der Waals surface area contributed by atoms with Crippen LogP contribution in [0.1, 0.15) is 47.4 Å². The molecule has 0 spiro atoms. The quantitative estimate of drug-likeness (QED) is 0.431. The lowest BCUT2D eigenvalue weighted by Crippen LogP contribution is -2.39. The molecule has 0 aromatic heterocycles. The fourth-order valence-corrected chi connectivity index (χ4v) is 3.37. The van der Waals surface area contributed by atoms with Crippen molar-refractivity contribution in [1.29, 1.82) is 0 Å². The van der Waals surface area contributed by atoms with Gasteiger partial charge in [-0.1, -0.05) is 60.3 Å². The zero-order valence-corrected chi connectivity index (χ0v) is 13.8. The molecule has 1 heterocycles. The van der Waals surface area contributed by atoms with Gasteiger partial charge in [0.15, 0.2) is 0 Å². The number of fused-ring (bicyclic) bond motifs is 1. The molecule has 0 aliphatic carbocycles. The molecule has 0 fully saturated rings. The van der Waals surface area contributed by atoms with Gasteiger partial charge >= 0.3 is 0 Å². The zero-order chi connectivity index (χ0) is 15.2. The lowest BCUT2D eigenvalue weighted by atomic mass is 10.1. The van der Waals surface area contributed by atoms with Crippen LogP contribution in [0.3, 0.4) is 0 Å². The van der Waals surface area contributed by atoms with E-state index < -0.39 is 11.8 Å². The minimum absolute atomic E-state index is 0.00960. The van der Waals surface area contributed by atoms with Gasteiger partial charge in [-0.2, -0.15) is 0 Å². The number of halogens is 4. The fourth-order valence-electron chi connectivity index (χ4n) is 2.35. The molecule has 0 unspecified atom stereocenters. The van der Waals surface area contributed by atoms with E-state index in [0.29, 0.717) is 12.8 Å². The number of benzene rings is 1. The van der Waals surface area contributed by atoms with E-state index in [9.17, 15) is 9.59 Å². The molecule has 0 radical (unpaired) electrons. The van der Waals surface area contributed by atoms with Gasteiger partial charge in [0, 0.05) is 6.04 Å². The minimum Gasteiger partial charge on any atom is -0.271 e. The molecule has 2 rings (SSSR count). The van der Waals surface area contributed by atoms with E-state index >= 15 is 0 Å². The van der Waals surface area contributed by atoms with Crippen LogP contribution in [0.15, 0.2) is 0 Å². The number of imide groups is 1. The van der Waals surface area contributed by atoms with Crippen molar-refractivity contribution in [2.75, 3.05) is 0 Å². The summed E-state index contributed by atoms with van der Waals surface area (Å²) in [5.41, 5.74) is 0.0888. The Morgan fingerprint density at radius 1 is 0.800 bits per heavy atom. The highest BCUT2D eigenvalue weighted by Crippen LogP contribution is 2.45. The topological polar surface area (TPSA) is 37.4 Å². The third-order valence-electron chi connectivity index (χ3n) is 3.44. The van der Waals surface area contributed by atoms with Gasteiger partial charge < -0.3 is 0 Å². The first-order chi connectivity index (χ1) is 9.36. The summed E-state index contributed by atoms with van der Waals surface area (Å²) in [4.78, 5) is 26.1. The third kappa shape index (κ3) is 2.12. The van der Waals surface area contributed by atoms with Gasteiger partial charge in [0.05, 0.1) is 31.2 Å². The largest absolute Gasteiger partial charge is 0.271 e. The van der Waals surface area contributed by atoms with Crippen molar-refractivity contribution >= 4 is 58.2 Å². The average Bonchev–Trinajstić information content (AvgIpc) is 2.69. The molecule has 2 amide bonds. The van der Waals surface area contributed by atoms with Crippen LogP contribution in [0.4, 0.5) is 0 Å². The number of carbonyl (C=O) groups excluding carboxylic acids is 2. The Kier molecular flexibility index (Phi) is 4.55. The van der Waals surface area contributed by atoms with Crippen LogP contribution in [-0.4, -0.2) is 22.8 Å². The summed E-state index contributed by atoms with van der Waals surface area (Å²) in [5.74, 6) is -0.937. The van der Waals surface area contributed by atoms with Crippen LogP contribution in [-0.2, 0) is 0 Å². The second kappa shape index (κ2) is 5.72. The molecule has 0 atom stereocenters. The van der Waals surface area contributed by atoms with Gasteiger partial charge in [0.2, 0.25) is 0 Å². The van der Waals surface area contributed by atoms with Crippen LogP contribution >= 0.6 is 46.4 Å². The molecule has 0 N–H and O–H groups in total. The van der Waals surface area contributed by atoms with E-state index in [4.69, 9.17) is 46.4 Å². The van der Waals surface area contributed by atoms with E-state index in [1.807, 2.05) is 13.8 Å². The van der Waals surface area contributed by atoms with Crippen molar-refractivity contribution in [2.45, 2.75) is 32.7 Å². The number of hydrogen-bond donors (Lipinski definition) is 0. The summed E-state index contributed by atoms with van der Waals surface area (Å²) in [5, 5.41) is -0.0694. The highest BCUT2D eigenvalue weighted by molar-refractivity contribution is 6.55. The van der Waals surface area contributed by atoms with Gasteiger partial charge in [-0.25, -0.2) is 0 Å². The predicted octanol–water partition coefficient (Wildman–Crippen LogP) is 5.08. The van der Waals surface area contributed by atoms with Gasteiger partial charge in [-0.3, -0.25) is 14.5 Å². The summed E-state index contributed by atoms with van der Waals surface area (Å²) in [6.07, 6.45) is 1.30. The lowest BCUT2D eigenvalue weighted by Gasteiger charge is -2.23. The van der Waals surface area contributed by atoms with Gasteiger partial charge in [0.1, 0.15) is 0 Å². The highest BCUT2D eigenvalue weighted by atomic mass is 35.5. The molecule has 1 aliphatic rings. The third-order valence-corrected chi connectivity index (χ3v) is 5.24. The molecule has 7 heteroatoms. The van der Waals surface area contributed by atoms with Crippen molar-refractivity contribution in [3.8, 4) is 0 Å². The smallest absolute Gasteiger partial charge is 0.263 e. The number of carbonyl (C=O) groups is 2. The van der Waals surface area contributed by atoms with Crippen LogP contribution in [0.5, 0.6) is 0 Å². The number of amides is 2. The van der Waals surface area contributed by atoms with Crippen molar-refractivity contribution in [1.82, 2.24) is 4.90 Å². The molecule has 1 aromatic rings. The fraction of sp³-hybridized carbons (Fsp3) is 0.385. The lowest BCUT2D eigenvalue weighted by molar-refractivity contribution is 0.0576. The van der Waals surface area contributed by atoms with Gasteiger partial charge in [-0.15, -0.1) is 0 Å². The summed E-state index contributed by atoms with van der Waals surface area (Å²) in [7, 11) is 0. The molecule has 20 heavy (non-hydrogen) atoms. The summed E-state index contributed by atoms with van der Waals surface area (Å²) < 4.78 is 0. The Morgan fingerprint density at radius 3 is 1.45 bits per heavy atom. The second-order valence-corrected chi connectivity index (χ2v) is 5.97. The van der Waals surface area contributed by atoms with Gasteiger partial charge in [0.25, 0.3) is 11.8 Å². The van der Waals surface area contributed by atoms with E-state index in [1.165, 1.54) is 4.90 Å². The Balaban J connectivity index is 2.69. The van der Waals surface area contributed by atoms with Crippen LogP contribution in [0.25, 0.3) is 0 Å². The Hall–Kier alpha value is -0.480. The van der Waals surface area contributed by atoms with Crippen LogP contribution in [0, 0.1) is 0 Å². The molecular formula is C13H11Cl4NO2. The van der Waals surface area contributed by atoms with Crippen LogP contribution in [0.2, 0.25) is 20.1 Å². The maximum absolute atomic E-state index is 12.5. The summed E-state index contributed by atoms with van der Waals surface area (Å²) in [6, 6.07) is -0.202. The SMILES string of the molecule is CCC(CC)N1C(=O)c2c(Cl)c(Cl)c(Cl)c(Cl)c2C1=O. The predicted molar refractivity (Wildman–Crippen MR) is 81.4 cm³/mol. The Labute approximate surface area is 136 Å². The molecule has 108 valence electrons. The highest BCUT2D eigenvalue weighted by Gasteiger charge is 2.43. The van der Waals surface area contributed by atoms with E-state index in [2.05, 4.69) is 0 Å². The van der Waals surface area contributed by atoms with E-state index in [-0.39, 0.29) is 37.3 Å². The maximum atomic E-state index is 12.5. The molecule has 0 bridgehead atoms. The monoisotopic (exact) mass is 353 g/mol. The van der Waals surface area contributed by atoms with Crippen molar-refractivity contribution in [3.63, 3.8) is 0 Å². The van der Waals surface area contributed by atoms with Gasteiger partial charge in [-0.05, 0) is 12.8 Å². The summed E-state index contributed by atoms with van der Waals surface area (Å²) in [6.45, 7) is 3.81. The zero-order valence-electron chi connectivity index (χ0n) is 10.8. The molecular weight excluding hydrogens is 344 g/mol. The minimum atomic E-state index is -0.468. The molecule has 1 aliphatic heterocycles. The van der Waals surface area contributed by atoms with E-state index in [1.54, 1.807) is 0 Å². The van der Waals surface area contributed by atoms with Crippen LogP contribution < -0.4 is 0 Å². The second-order valence-electron chi connectivity index (χ2n) is 4.46. The Morgan fingerprint density at radius 2 is 1.15 bits per heavy atom. The Bertz CT molecular complexity index is 564. The molecule has 0 saturated heterocycles. The molecule has 0 saturated carbocycles. The van der Waals surface area contributed by atoms with Crippen molar-refractivity contribution in [2.24, 2.45) is 0 Å². The first-order valence-corrected chi connectivity index (χ1v) is 7.61. The normalized spacial score (nSPS) is 14.4. The first-order valence-electron chi connectivity index (χ1n) is 6.10. The van der Waals surface area contributed by atoms with Crippen molar-refractivity contribution < 1.29 is 9.59 Å². The number of hydrogen-bond acceptors (Lipinski definition) is 2. The molecule has 1 aromatic carbocycles. The summed E-state index contributed by atoms with van der Waals surface area (Å²) >= 11 is 24.0. The van der Waals surface area contributed by atoms with E-state index in [0.717, 1.165) is 0 Å². The maximum Gasteiger partial charge on any atom is 0.263 e. The number of rotatable bonds is 3. The average molecular weight is 355 g/mol. The first kappa shape index (κ1) is 15.9. The molecule has 3 nitrogen and oxygen atoms in total. The number of nitrogens with zero attached hydrogens (tertiary/aromatic N) is 1. The van der Waals surface area contributed by atoms with Crippen molar-refractivity contribution in [3.05, 3.63) is 31.2 Å².